The predicted octanol–water partition coefficient (Wildman–Crippen LogP) is 0.0721. The molecular weight excluding hydrogens is 244 g/mol. The van der Waals surface area contributed by atoms with Gasteiger partial charge in [0.15, 0.2) is 0 Å². The Balaban J connectivity index is 2.27. The molecule has 0 bridgehead atoms. The molecule has 1 aliphatic heterocycles. The molecule has 1 fully saturated rings. The maximum absolute atomic E-state index is 11.7. The Morgan fingerprint density at radius 1 is 1.37 bits per heavy atom. The molecule has 3 amide bonds. The molecule has 0 aliphatic carbocycles. The monoisotopic (exact) mass is 268 g/mol. The number of likely N-dealkylation sites (tertiary alicyclic amines) is 1. The van der Waals surface area contributed by atoms with Gasteiger partial charge in [0.25, 0.3) is 0 Å². The van der Waals surface area contributed by atoms with E-state index in [2.05, 4.69) is 34.4 Å². The summed E-state index contributed by atoms with van der Waals surface area (Å²) < 4.78 is 0. The number of piperidine rings is 1. The molecule has 0 spiro atoms. The number of carbonyl (C=O) groups is 2. The fourth-order valence-corrected chi connectivity index (χ4v) is 2.03. The van der Waals surface area contributed by atoms with Crippen molar-refractivity contribution in [2.75, 3.05) is 33.2 Å². The number of hydrogen-bond donors (Lipinski definition) is 3. The lowest BCUT2D eigenvalue weighted by molar-refractivity contribution is -0.121. The zero-order valence-electron chi connectivity index (χ0n) is 11.8. The molecule has 3 N–H and O–H groups in total. The van der Waals surface area contributed by atoms with Crippen LogP contribution in [-0.2, 0) is 4.79 Å². The third-order valence-electron chi connectivity index (χ3n) is 3.59. The van der Waals surface area contributed by atoms with Crippen molar-refractivity contribution in [3.8, 4) is 0 Å². The first kappa shape index (κ1) is 15.7. The van der Waals surface area contributed by atoms with Crippen molar-refractivity contribution in [1.29, 1.82) is 0 Å². The number of rotatable bonds is 5. The Hall–Kier alpha value is -1.40. The van der Waals surface area contributed by atoms with E-state index in [4.69, 9.17) is 0 Å². The van der Waals surface area contributed by atoms with E-state index in [0.717, 1.165) is 25.9 Å². The van der Waals surface area contributed by atoms with E-state index in [0.29, 0.717) is 6.54 Å². The molecule has 108 valence electrons. The second kappa shape index (κ2) is 7.25. The quantitative estimate of drug-likeness (QED) is 0.617. The number of carbonyl (C=O) groups excluding carboxylic acids is 2. The molecule has 1 saturated heterocycles. The van der Waals surface area contributed by atoms with E-state index in [-0.39, 0.29) is 18.0 Å². The molecular formula is C13H24N4O2. The van der Waals surface area contributed by atoms with E-state index in [9.17, 15) is 9.59 Å². The van der Waals surface area contributed by atoms with Crippen LogP contribution < -0.4 is 16.0 Å². The van der Waals surface area contributed by atoms with E-state index in [1.807, 2.05) is 7.05 Å². The molecule has 0 unspecified atom stereocenters. The van der Waals surface area contributed by atoms with Crippen molar-refractivity contribution in [3.05, 3.63) is 12.7 Å². The van der Waals surface area contributed by atoms with Gasteiger partial charge in [0.2, 0.25) is 5.91 Å². The molecule has 6 nitrogen and oxygen atoms in total. The van der Waals surface area contributed by atoms with Gasteiger partial charge in [-0.25, -0.2) is 4.79 Å². The van der Waals surface area contributed by atoms with Crippen molar-refractivity contribution in [1.82, 2.24) is 20.9 Å². The van der Waals surface area contributed by atoms with Gasteiger partial charge in [-0.05, 0) is 26.8 Å². The number of hydrogen-bond acceptors (Lipinski definition) is 4. The third kappa shape index (κ3) is 5.40. The van der Waals surface area contributed by atoms with Gasteiger partial charge >= 0.3 is 6.03 Å². The minimum atomic E-state index is -0.470. The van der Waals surface area contributed by atoms with E-state index in [1.165, 1.54) is 0 Å². The van der Waals surface area contributed by atoms with E-state index >= 15 is 0 Å². The van der Waals surface area contributed by atoms with Gasteiger partial charge in [-0.3, -0.25) is 15.0 Å². The van der Waals surface area contributed by atoms with E-state index < -0.39 is 6.03 Å². The normalized spacial score (nSPS) is 18.6. The van der Waals surface area contributed by atoms with Gasteiger partial charge in [-0.2, -0.15) is 0 Å². The van der Waals surface area contributed by atoms with Crippen molar-refractivity contribution in [2.24, 2.45) is 0 Å². The van der Waals surface area contributed by atoms with Crippen LogP contribution in [0.4, 0.5) is 4.79 Å². The summed E-state index contributed by atoms with van der Waals surface area (Å²) in [6.45, 7) is 8.01. The largest absolute Gasteiger partial charge is 0.334 e. The van der Waals surface area contributed by atoms with Crippen molar-refractivity contribution >= 4 is 11.9 Å². The predicted molar refractivity (Wildman–Crippen MR) is 74.9 cm³/mol. The van der Waals surface area contributed by atoms with Crippen LogP contribution in [0, 0.1) is 0 Å². The van der Waals surface area contributed by atoms with Crippen LogP contribution in [0.1, 0.15) is 19.8 Å². The van der Waals surface area contributed by atoms with Crippen LogP contribution in [0.5, 0.6) is 0 Å². The fraction of sp³-hybridized carbons (Fsp3) is 0.692. The summed E-state index contributed by atoms with van der Waals surface area (Å²) in [4.78, 5) is 25.0. The van der Waals surface area contributed by atoms with Gasteiger partial charge in [-0.1, -0.05) is 6.08 Å². The molecule has 1 aliphatic rings. The van der Waals surface area contributed by atoms with Crippen LogP contribution in [0.15, 0.2) is 12.7 Å². The summed E-state index contributed by atoms with van der Waals surface area (Å²) >= 11 is 0. The average Bonchev–Trinajstić information content (AvgIpc) is 2.39. The van der Waals surface area contributed by atoms with Crippen LogP contribution >= 0.6 is 0 Å². The standard InChI is InChI=1S/C13H24N4O2/c1-4-7-15-12(19)16-11(18)10-17-8-5-13(2,14-3)6-9-17/h4,14H,1,5-10H2,2-3H3,(H2,15,16,18,19). The zero-order chi connectivity index (χ0) is 14.3. The Morgan fingerprint density at radius 2 is 2.00 bits per heavy atom. The van der Waals surface area contributed by atoms with Gasteiger partial charge in [0.05, 0.1) is 6.54 Å². The maximum atomic E-state index is 11.7. The second-order valence-electron chi connectivity index (χ2n) is 5.13. The topological polar surface area (TPSA) is 73.5 Å². The first-order valence-corrected chi connectivity index (χ1v) is 6.59. The lowest BCUT2D eigenvalue weighted by atomic mass is 9.90. The van der Waals surface area contributed by atoms with Crippen molar-refractivity contribution in [3.63, 3.8) is 0 Å². The third-order valence-corrected chi connectivity index (χ3v) is 3.59. The molecule has 1 rings (SSSR count). The van der Waals surface area contributed by atoms with Gasteiger partial charge < -0.3 is 10.6 Å². The lowest BCUT2D eigenvalue weighted by Crippen LogP contribution is -2.52. The number of urea groups is 1. The second-order valence-corrected chi connectivity index (χ2v) is 5.13. The zero-order valence-corrected chi connectivity index (χ0v) is 11.8. The molecule has 0 aromatic heterocycles. The summed E-state index contributed by atoms with van der Waals surface area (Å²) in [5.74, 6) is -0.269. The SMILES string of the molecule is C=CCNC(=O)NC(=O)CN1CCC(C)(NC)CC1. The first-order valence-electron chi connectivity index (χ1n) is 6.59. The Morgan fingerprint density at radius 3 is 2.53 bits per heavy atom. The van der Waals surface area contributed by atoms with Crippen LogP contribution in [0.2, 0.25) is 0 Å². The van der Waals surface area contributed by atoms with Gasteiger partial charge in [0.1, 0.15) is 0 Å². The van der Waals surface area contributed by atoms with Crippen LogP contribution in [-0.4, -0.2) is 55.6 Å². The Bertz CT molecular complexity index is 336. The molecule has 19 heavy (non-hydrogen) atoms. The van der Waals surface area contributed by atoms with Crippen molar-refractivity contribution in [2.45, 2.75) is 25.3 Å². The average molecular weight is 268 g/mol. The molecule has 0 radical (unpaired) electrons. The Labute approximate surface area is 114 Å². The molecule has 1 heterocycles. The first-order chi connectivity index (χ1) is 8.99. The smallest absolute Gasteiger partial charge is 0.321 e. The van der Waals surface area contributed by atoms with Crippen molar-refractivity contribution < 1.29 is 9.59 Å². The molecule has 0 atom stereocenters. The van der Waals surface area contributed by atoms with Crippen LogP contribution in [0.25, 0.3) is 0 Å². The molecule has 0 saturated carbocycles. The summed E-state index contributed by atoms with van der Waals surface area (Å²) in [5, 5.41) is 8.12. The van der Waals surface area contributed by atoms with Gasteiger partial charge in [-0.15, -0.1) is 6.58 Å². The summed E-state index contributed by atoms with van der Waals surface area (Å²) in [7, 11) is 1.96. The lowest BCUT2D eigenvalue weighted by Gasteiger charge is -2.38. The summed E-state index contributed by atoms with van der Waals surface area (Å²) in [5.41, 5.74) is 0.161. The maximum Gasteiger partial charge on any atom is 0.321 e. The molecule has 6 heteroatoms. The van der Waals surface area contributed by atoms with Crippen LogP contribution in [0.3, 0.4) is 0 Å². The molecule has 0 aromatic carbocycles. The number of nitrogens with one attached hydrogen (secondary N) is 3. The highest BCUT2D eigenvalue weighted by molar-refractivity contribution is 5.95. The fourth-order valence-electron chi connectivity index (χ4n) is 2.03. The number of imide groups is 1. The number of nitrogens with zero attached hydrogens (tertiary/aromatic N) is 1. The highest BCUT2D eigenvalue weighted by Gasteiger charge is 2.28. The van der Waals surface area contributed by atoms with E-state index in [1.54, 1.807) is 6.08 Å². The minimum absolute atomic E-state index is 0.161. The summed E-state index contributed by atoms with van der Waals surface area (Å²) in [6.07, 6.45) is 3.56. The minimum Gasteiger partial charge on any atom is -0.334 e. The highest BCUT2D eigenvalue weighted by atomic mass is 16.2. The Kier molecular flexibility index (Phi) is 5.98. The molecule has 0 aromatic rings. The van der Waals surface area contributed by atoms with Gasteiger partial charge in [0, 0.05) is 25.2 Å². The summed E-state index contributed by atoms with van der Waals surface area (Å²) in [6, 6.07) is -0.470. The highest BCUT2D eigenvalue weighted by Crippen LogP contribution is 2.20. The number of amides is 3.